The lowest BCUT2D eigenvalue weighted by atomic mass is 10.4. The molecule has 0 saturated heterocycles. The van der Waals surface area contributed by atoms with E-state index in [4.69, 9.17) is 9.47 Å². The monoisotopic (exact) mass is 350 g/mol. The van der Waals surface area contributed by atoms with E-state index < -0.39 is 0 Å². The summed E-state index contributed by atoms with van der Waals surface area (Å²) in [5.41, 5.74) is 0. The van der Waals surface area contributed by atoms with Gasteiger partial charge in [-0.15, -0.1) is 0 Å². The minimum absolute atomic E-state index is 0.0292. The third-order valence-electron chi connectivity index (χ3n) is 2.15. The Bertz CT molecular complexity index is 213. The Kier molecular flexibility index (Phi) is 42.8. The van der Waals surface area contributed by atoms with Crippen LogP contribution in [0.1, 0.15) is 68.2 Å². The number of hydrogen-bond acceptors (Lipinski definition) is 4. The van der Waals surface area contributed by atoms with Crippen molar-refractivity contribution in [3.8, 4) is 0 Å². The molecule has 0 bridgehead atoms. The zero-order valence-electron chi connectivity index (χ0n) is 17.3. The third-order valence-corrected chi connectivity index (χ3v) is 2.15. The van der Waals surface area contributed by atoms with E-state index in [0.29, 0.717) is 52.4 Å². The minimum atomic E-state index is 0.0292. The number of carbonyl (C=O) groups excluding carboxylic acids is 2. The van der Waals surface area contributed by atoms with Crippen molar-refractivity contribution >= 4 is 11.8 Å². The zero-order chi connectivity index (χ0) is 19.6. The number of carbonyl (C=O) groups is 2. The average Bonchev–Trinajstić information content (AvgIpc) is 2.67. The molecule has 0 aromatic carbocycles. The molecule has 0 fully saturated rings. The summed E-state index contributed by atoms with van der Waals surface area (Å²) in [6.07, 6.45) is 0.985. The van der Waals surface area contributed by atoms with Gasteiger partial charge >= 0.3 is 0 Å². The van der Waals surface area contributed by atoms with Crippen LogP contribution in [0.25, 0.3) is 0 Å². The van der Waals surface area contributed by atoms with E-state index in [0.717, 1.165) is 0 Å². The van der Waals surface area contributed by atoms with Gasteiger partial charge in [0.2, 0.25) is 11.8 Å². The first-order valence-corrected chi connectivity index (χ1v) is 9.39. The number of amides is 2. The van der Waals surface area contributed by atoms with Crippen LogP contribution in [-0.4, -0.2) is 51.3 Å². The molecular formula is C18H42N2O4. The molecule has 0 aromatic heterocycles. The van der Waals surface area contributed by atoms with Crippen molar-refractivity contribution in [3.05, 3.63) is 0 Å². The molecule has 148 valence electrons. The fourth-order valence-electron chi connectivity index (χ4n) is 1.10. The lowest BCUT2D eigenvalue weighted by Gasteiger charge is -2.07. The van der Waals surface area contributed by atoms with Crippen molar-refractivity contribution in [2.75, 3.05) is 39.5 Å². The Morgan fingerprint density at radius 3 is 1.17 bits per heavy atom. The second-order valence-corrected chi connectivity index (χ2v) is 3.63. The van der Waals surface area contributed by atoms with Gasteiger partial charge in [-0.25, -0.2) is 0 Å². The molecule has 2 N–H and O–H groups in total. The van der Waals surface area contributed by atoms with Crippen molar-refractivity contribution in [2.24, 2.45) is 0 Å². The highest BCUT2D eigenvalue weighted by Gasteiger charge is 1.96. The molecule has 0 atom stereocenters. The van der Waals surface area contributed by atoms with Crippen molar-refractivity contribution in [1.29, 1.82) is 0 Å². The van der Waals surface area contributed by atoms with E-state index in [9.17, 15) is 9.59 Å². The fourth-order valence-corrected chi connectivity index (χ4v) is 1.10. The normalized spacial score (nSPS) is 8.33. The third kappa shape index (κ3) is 32.7. The maximum atomic E-state index is 10.9. The van der Waals surface area contributed by atoms with Gasteiger partial charge in [0.05, 0.1) is 26.4 Å². The van der Waals surface area contributed by atoms with Crippen molar-refractivity contribution in [1.82, 2.24) is 10.6 Å². The van der Waals surface area contributed by atoms with Crippen LogP contribution in [0.2, 0.25) is 0 Å². The molecule has 0 rings (SSSR count). The van der Waals surface area contributed by atoms with Crippen molar-refractivity contribution < 1.29 is 19.1 Å². The average molecular weight is 351 g/mol. The van der Waals surface area contributed by atoms with Gasteiger partial charge in [0.25, 0.3) is 0 Å². The van der Waals surface area contributed by atoms with Gasteiger partial charge in [-0.05, 0) is 0 Å². The summed E-state index contributed by atoms with van der Waals surface area (Å²) in [7, 11) is 0. The predicted octanol–water partition coefficient (Wildman–Crippen LogP) is 3.15. The van der Waals surface area contributed by atoms with Gasteiger partial charge in [0.15, 0.2) is 0 Å². The SMILES string of the molecule is CC.CC.CC.CCC(=O)NCCOCCOCCNC(=O)CC. The summed E-state index contributed by atoms with van der Waals surface area (Å²) in [5.74, 6) is 0.0584. The van der Waals surface area contributed by atoms with Crippen molar-refractivity contribution in [3.63, 3.8) is 0 Å². The molecule has 0 radical (unpaired) electrons. The van der Waals surface area contributed by atoms with Crippen molar-refractivity contribution in [2.45, 2.75) is 68.2 Å². The predicted molar refractivity (Wildman–Crippen MR) is 102 cm³/mol. The summed E-state index contributed by atoms with van der Waals surface area (Å²) in [6, 6.07) is 0. The molecular weight excluding hydrogens is 308 g/mol. The largest absolute Gasteiger partial charge is 0.377 e. The summed E-state index contributed by atoms with van der Waals surface area (Å²) in [4.78, 5) is 21.7. The molecule has 24 heavy (non-hydrogen) atoms. The maximum absolute atomic E-state index is 10.9. The highest BCUT2D eigenvalue weighted by molar-refractivity contribution is 5.75. The topological polar surface area (TPSA) is 76.7 Å². The Hall–Kier alpha value is -1.14. The van der Waals surface area contributed by atoms with Crippen LogP contribution in [0.5, 0.6) is 0 Å². The first kappa shape index (κ1) is 30.7. The van der Waals surface area contributed by atoms with Crippen LogP contribution in [-0.2, 0) is 19.1 Å². The molecule has 0 unspecified atom stereocenters. The molecule has 0 heterocycles. The number of rotatable bonds is 11. The van der Waals surface area contributed by atoms with Crippen LogP contribution in [0.3, 0.4) is 0 Å². The molecule has 0 aromatic rings. The van der Waals surface area contributed by atoms with Gasteiger partial charge in [-0.1, -0.05) is 55.4 Å². The smallest absolute Gasteiger partial charge is 0.219 e. The van der Waals surface area contributed by atoms with E-state index in [1.54, 1.807) is 13.8 Å². The Balaban J connectivity index is -0.000000297. The quantitative estimate of drug-likeness (QED) is 0.561. The Labute approximate surface area is 150 Å². The summed E-state index contributed by atoms with van der Waals surface area (Å²) in [6.45, 7) is 18.6. The molecule has 0 aliphatic carbocycles. The number of ether oxygens (including phenoxy) is 2. The first-order valence-electron chi connectivity index (χ1n) is 9.39. The highest BCUT2D eigenvalue weighted by Crippen LogP contribution is 1.80. The fraction of sp³-hybridized carbons (Fsp3) is 0.889. The second-order valence-electron chi connectivity index (χ2n) is 3.63. The summed E-state index contributed by atoms with van der Waals surface area (Å²) < 4.78 is 10.5. The van der Waals surface area contributed by atoms with Gasteiger partial charge in [-0.3, -0.25) is 9.59 Å². The Morgan fingerprint density at radius 1 is 0.625 bits per heavy atom. The number of hydrogen-bond donors (Lipinski definition) is 2. The summed E-state index contributed by atoms with van der Waals surface area (Å²) in [5, 5.41) is 5.42. The zero-order valence-corrected chi connectivity index (χ0v) is 17.3. The van der Waals surface area contributed by atoms with E-state index in [-0.39, 0.29) is 11.8 Å². The Morgan fingerprint density at radius 2 is 0.917 bits per heavy atom. The molecule has 0 spiro atoms. The van der Waals surface area contributed by atoms with Gasteiger partial charge in [0, 0.05) is 25.9 Å². The number of nitrogens with one attached hydrogen (secondary N) is 2. The molecule has 0 saturated carbocycles. The van der Waals surface area contributed by atoms with E-state index in [1.165, 1.54) is 0 Å². The van der Waals surface area contributed by atoms with E-state index >= 15 is 0 Å². The molecule has 0 aliphatic heterocycles. The minimum Gasteiger partial charge on any atom is -0.377 e. The summed E-state index contributed by atoms with van der Waals surface area (Å²) >= 11 is 0. The standard InChI is InChI=1S/C12H24N2O4.3C2H6/c1-3-11(15)13-5-7-17-9-10-18-8-6-14-12(16)4-2;3*1-2/h3-10H2,1-2H3,(H,13,15)(H,14,16);3*1-2H3. The molecule has 6 nitrogen and oxygen atoms in total. The van der Waals surface area contributed by atoms with E-state index in [1.807, 2.05) is 41.5 Å². The lowest BCUT2D eigenvalue weighted by Crippen LogP contribution is -2.27. The van der Waals surface area contributed by atoms with Gasteiger partial charge < -0.3 is 20.1 Å². The van der Waals surface area contributed by atoms with Crippen LogP contribution in [0.15, 0.2) is 0 Å². The first-order chi connectivity index (χ1) is 11.7. The highest BCUT2D eigenvalue weighted by atomic mass is 16.5. The van der Waals surface area contributed by atoms with Crippen LogP contribution in [0.4, 0.5) is 0 Å². The van der Waals surface area contributed by atoms with Crippen LogP contribution >= 0.6 is 0 Å². The van der Waals surface area contributed by atoms with E-state index in [2.05, 4.69) is 10.6 Å². The van der Waals surface area contributed by atoms with Crippen LogP contribution < -0.4 is 10.6 Å². The second kappa shape index (κ2) is 33.5. The maximum Gasteiger partial charge on any atom is 0.219 e. The van der Waals surface area contributed by atoms with Gasteiger partial charge in [0.1, 0.15) is 0 Å². The molecule has 0 aliphatic rings. The van der Waals surface area contributed by atoms with Crippen LogP contribution in [0, 0.1) is 0 Å². The lowest BCUT2D eigenvalue weighted by molar-refractivity contribution is -0.122. The van der Waals surface area contributed by atoms with Gasteiger partial charge in [-0.2, -0.15) is 0 Å². The molecule has 2 amide bonds. The molecule has 6 heteroatoms.